The fraction of sp³-hybridized carbons (Fsp3) is 0.667. The van der Waals surface area contributed by atoms with E-state index < -0.39 is 10.1 Å². The van der Waals surface area contributed by atoms with E-state index in [2.05, 4.69) is 6.92 Å². The first kappa shape index (κ1) is 22.6. The molecule has 5 heteroatoms. The molecule has 0 saturated carbocycles. The number of benzene rings is 1. The number of hydrogen-bond acceptors (Lipinski definition) is 2. The maximum absolute atomic E-state index is 11.3. The maximum atomic E-state index is 11.3. The van der Waals surface area contributed by atoms with Crippen molar-refractivity contribution >= 4 is 20.0 Å². The van der Waals surface area contributed by atoms with Crippen LogP contribution in [0.4, 0.5) is 0 Å². The average molecular weight is 360 g/mol. The molecule has 0 heterocycles. The molecule has 1 unspecified atom stereocenters. The van der Waals surface area contributed by atoms with E-state index in [-0.39, 0.29) is 14.8 Å². The molecule has 1 atom stereocenters. The molecule has 0 aliphatic carbocycles. The Morgan fingerprint density at radius 3 is 1.83 bits per heavy atom. The summed E-state index contributed by atoms with van der Waals surface area (Å²) >= 11 is 0. The van der Waals surface area contributed by atoms with Crippen molar-refractivity contribution in [2.24, 2.45) is 0 Å². The molecule has 0 spiro atoms. The van der Waals surface area contributed by atoms with Crippen LogP contribution >= 0.6 is 9.90 Å². The van der Waals surface area contributed by atoms with E-state index >= 15 is 0 Å². The predicted molar refractivity (Wildman–Crippen MR) is 103 cm³/mol. The normalized spacial score (nSPS) is 11.2. The highest BCUT2D eigenvalue weighted by Gasteiger charge is 2.13. The van der Waals surface area contributed by atoms with E-state index in [1.54, 1.807) is 12.1 Å². The highest BCUT2D eigenvalue weighted by molar-refractivity contribution is 7.85. The molecule has 1 aromatic rings. The van der Waals surface area contributed by atoms with Gasteiger partial charge < -0.3 is 0 Å². The molecule has 1 aromatic carbocycles. The standard InChI is InChI=1S/C18H30O3S.H3P/c1-2-3-4-5-6-7-8-9-10-11-14-17-15-12-13-16-18(17)22(19,20)21;/h12-13,15-16H,2-11,14H2,1H3,(H,19,20,21);1H3. The molecule has 0 fully saturated rings. The van der Waals surface area contributed by atoms with E-state index in [0.717, 1.165) is 18.4 Å². The van der Waals surface area contributed by atoms with Gasteiger partial charge in [-0.05, 0) is 24.5 Å². The van der Waals surface area contributed by atoms with Gasteiger partial charge in [0.1, 0.15) is 0 Å². The minimum Gasteiger partial charge on any atom is -0.282 e. The van der Waals surface area contributed by atoms with Crippen molar-refractivity contribution < 1.29 is 13.0 Å². The lowest BCUT2D eigenvalue weighted by Crippen LogP contribution is -2.03. The average Bonchev–Trinajstić information content (AvgIpc) is 2.48. The van der Waals surface area contributed by atoms with E-state index in [4.69, 9.17) is 0 Å². The summed E-state index contributed by atoms with van der Waals surface area (Å²) in [5.41, 5.74) is 0.726. The van der Waals surface area contributed by atoms with Gasteiger partial charge in [0.2, 0.25) is 0 Å². The zero-order valence-electron chi connectivity index (χ0n) is 14.5. The van der Waals surface area contributed by atoms with E-state index in [0.29, 0.717) is 6.42 Å². The molecule has 3 nitrogen and oxygen atoms in total. The Bertz CT molecular complexity index is 515. The van der Waals surface area contributed by atoms with Crippen LogP contribution in [0.15, 0.2) is 29.2 Å². The van der Waals surface area contributed by atoms with Crippen LogP contribution in [-0.4, -0.2) is 13.0 Å². The Labute approximate surface area is 145 Å². The van der Waals surface area contributed by atoms with E-state index in [1.165, 1.54) is 57.4 Å². The van der Waals surface area contributed by atoms with Crippen LogP contribution < -0.4 is 0 Å². The minimum absolute atomic E-state index is 0. The van der Waals surface area contributed by atoms with Gasteiger partial charge in [0.25, 0.3) is 10.1 Å². The summed E-state index contributed by atoms with van der Waals surface area (Å²) in [6.07, 6.45) is 13.3. The number of unbranched alkanes of at least 4 members (excludes halogenated alkanes) is 9. The highest BCUT2D eigenvalue weighted by Crippen LogP contribution is 2.18. The van der Waals surface area contributed by atoms with Gasteiger partial charge in [0.05, 0.1) is 4.90 Å². The lowest BCUT2D eigenvalue weighted by molar-refractivity contribution is 0.481. The Hall–Kier alpha value is -0.440. The van der Waals surface area contributed by atoms with Crippen LogP contribution in [0.1, 0.15) is 76.7 Å². The van der Waals surface area contributed by atoms with Gasteiger partial charge in [-0.2, -0.15) is 18.3 Å². The van der Waals surface area contributed by atoms with Gasteiger partial charge in [-0.25, -0.2) is 0 Å². The van der Waals surface area contributed by atoms with Crippen molar-refractivity contribution in [1.82, 2.24) is 0 Å². The summed E-state index contributed by atoms with van der Waals surface area (Å²) in [7, 11) is -4.10. The third-order valence-corrected chi connectivity index (χ3v) is 5.00. The summed E-state index contributed by atoms with van der Waals surface area (Å²) in [5.74, 6) is 0. The Morgan fingerprint density at radius 1 is 0.826 bits per heavy atom. The van der Waals surface area contributed by atoms with Crippen molar-refractivity contribution in [3.8, 4) is 0 Å². The molecule has 1 N–H and O–H groups in total. The van der Waals surface area contributed by atoms with Crippen molar-refractivity contribution in [3.63, 3.8) is 0 Å². The first-order valence-electron chi connectivity index (χ1n) is 8.61. The van der Waals surface area contributed by atoms with Gasteiger partial charge in [-0.1, -0.05) is 82.9 Å². The first-order valence-corrected chi connectivity index (χ1v) is 10.0. The fourth-order valence-corrected chi connectivity index (χ4v) is 3.52. The van der Waals surface area contributed by atoms with Gasteiger partial charge in [-0.15, -0.1) is 0 Å². The third kappa shape index (κ3) is 10.1. The van der Waals surface area contributed by atoms with Crippen molar-refractivity contribution in [3.05, 3.63) is 29.8 Å². The van der Waals surface area contributed by atoms with Crippen LogP contribution in [0.25, 0.3) is 0 Å². The number of rotatable bonds is 12. The molecule has 134 valence electrons. The minimum atomic E-state index is -4.10. The molecule has 0 aromatic heterocycles. The van der Waals surface area contributed by atoms with E-state index in [9.17, 15) is 13.0 Å². The number of aryl methyl sites for hydroxylation is 1. The lowest BCUT2D eigenvalue weighted by atomic mass is 10.0. The van der Waals surface area contributed by atoms with Crippen molar-refractivity contribution in [2.75, 3.05) is 0 Å². The SMILES string of the molecule is CCCCCCCCCCCCc1ccccc1S(=O)(=O)O.P. The summed E-state index contributed by atoms with van der Waals surface area (Å²) < 4.78 is 31.8. The molecule has 0 bridgehead atoms. The smallest absolute Gasteiger partial charge is 0.282 e. The monoisotopic (exact) mass is 360 g/mol. The summed E-state index contributed by atoms with van der Waals surface area (Å²) in [6, 6.07) is 6.73. The third-order valence-electron chi connectivity index (χ3n) is 4.05. The van der Waals surface area contributed by atoms with Gasteiger partial charge in [0, 0.05) is 0 Å². The Morgan fingerprint density at radius 2 is 1.30 bits per heavy atom. The zero-order chi connectivity index (χ0) is 16.3. The van der Waals surface area contributed by atoms with Gasteiger partial charge >= 0.3 is 0 Å². The molecule has 0 aliphatic heterocycles. The van der Waals surface area contributed by atoms with Crippen LogP contribution in [0, 0.1) is 0 Å². The Kier molecular flexibility index (Phi) is 12.7. The molecular weight excluding hydrogens is 327 g/mol. The van der Waals surface area contributed by atoms with E-state index in [1.807, 2.05) is 6.07 Å². The first-order chi connectivity index (χ1) is 10.6. The second kappa shape index (κ2) is 12.9. The quantitative estimate of drug-likeness (QED) is 0.306. The summed E-state index contributed by atoms with van der Waals surface area (Å²) in [5, 5.41) is 0. The van der Waals surface area contributed by atoms with Crippen LogP contribution in [0.3, 0.4) is 0 Å². The maximum Gasteiger partial charge on any atom is 0.294 e. The molecule has 1 rings (SSSR count). The van der Waals surface area contributed by atoms with Crippen LogP contribution in [0.2, 0.25) is 0 Å². The predicted octanol–water partition coefficient (Wildman–Crippen LogP) is 5.45. The molecule has 0 amide bonds. The lowest BCUT2D eigenvalue weighted by Gasteiger charge is -2.07. The van der Waals surface area contributed by atoms with Crippen LogP contribution in [-0.2, 0) is 16.5 Å². The zero-order valence-corrected chi connectivity index (χ0v) is 16.7. The Balaban J connectivity index is 0.00000484. The highest BCUT2D eigenvalue weighted by atomic mass is 32.2. The van der Waals surface area contributed by atoms with Crippen molar-refractivity contribution in [1.29, 1.82) is 0 Å². The second-order valence-corrected chi connectivity index (χ2v) is 7.40. The van der Waals surface area contributed by atoms with Gasteiger partial charge in [-0.3, -0.25) is 4.55 Å². The summed E-state index contributed by atoms with van der Waals surface area (Å²) in [6.45, 7) is 2.24. The molecule has 0 radical (unpaired) electrons. The van der Waals surface area contributed by atoms with Crippen molar-refractivity contribution in [2.45, 2.75) is 82.4 Å². The van der Waals surface area contributed by atoms with Crippen LogP contribution in [0.5, 0.6) is 0 Å². The molecular formula is C18H33O3PS. The molecule has 0 saturated heterocycles. The molecule has 0 aliphatic rings. The number of hydrogen-bond donors (Lipinski definition) is 1. The summed E-state index contributed by atoms with van der Waals surface area (Å²) in [4.78, 5) is 0.0610. The second-order valence-electron chi connectivity index (χ2n) is 6.01. The van der Waals surface area contributed by atoms with Gasteiger partial charge in [0.15, 0.2) is 0 Å². The molecule has 23 heavy (non-hydrogen) atoms. The largest absolute Gasteiger partial charge is 0.294 e. The topological polar surface area (TPSA) is 54.4 Å². The fourth-order valence-electron chi connectivity index (χ4n) is 2.76.